The van der Waals surface area contributed by atoms with Crippen molar-refractivity contribution in [3.05, 3.63) is 65.5 Å². The monoisotopic (exact) mass is 426 g/mol. The third-order valence-corrected chi connectivity index (χ3v) is 6.32. The van der Waals surface area contributed by atoms with Crippen LogP contribution < -0.4 is 10.1 Å². The number of carbonyl (C=O) groups is 1. The molecule has 1 heterocycles. The van der Waals surface area contributed by atoms with E-state index in [4.69, 9.17) is 4.74 Å². The van der Waals surface area contributed by atoms with E-state index in [9.17, 15) is 9.18 Å². The Bertz CT molecular complexity index is 868. The zero-order valence-electron chi connectivity index (χ0n) is 18.1. The lowest BCUT2D eigenvalue weighted by Crippen LogP contribution is -2.44. The van der Waals surface area contributed by atoms with Gasteiger partial charge >= 0.3 is 5.97 Å². The molecule has 2 aromatic carbocycles. The van der Waals surface area contributed by atoms with E-state index in [-0.39, 0.29) is 6.42 Å². The fraction of sp³-hybridized carbons (Fsp3) is 0.480. The number of methoxy groups -OCH3 is 1. The molecule has 2 aromatic rings. The van der Waals surface area contributed by atoms with Crippen molar-refractivity contribution >= 4 is 5.97 Å². The van der Waals surface area contributed by atoms with Gasteiger partial charge in [0.15, 0.2) is 0 Å². The summed E-state index contributed by atoms with van der Waals surface area (Å²) in [5.74, 6) is 0.266. The predicted molar refractivity (Wildman–Crippen MR) is 118 cm³/mol. The van der Waals surface area contributed by atoms with Crippen LogP contribution in [0.1, 0.15) is 36.3 Å². The summed E-state index contributed by atoms with van der Waals surface area (Å²) < 4.78 is 24.4. The van der Waals surface area contributed by atoms with Gasteiger partial charge in [0, 0.05) is 30.6 Å². The molecule has 1 aliphatic carbocycles. The molecule has 1 N–H and O–H groups in total. The van der Waals surface area contributed by atoms with Crippen LogP contribution in [0, 0.1) is 5.82 Å². The van der Waals surface area contributed by atoms with Crippen LogP contribution in [0.4, 0.5) is 4.39 Å². The molecule has 5 nitrogen and oxygen atoms in total. The first-order valence-electron chi connectivity index (χ1n) is 11.1. The van der Waals surface area contributed by atoms with E-state index in [0.717, 1.165) is 32.5 Å². The van der Waals surface area contributed by atoms with Crippen molar-refractivity contribution < 1.29 is 18.7 Å². The molecule has 0 bridgehead atoms. The Labute approximate surface area is 183 Å². The number of piperidine rings is 1. The smallest absolute Gasteiger partial charge is 0.310 e. The van der Waals surface area contributed by atoms with Gasteiger partial charge in [-0.3, -0.25) is 9.69 Å². The molecular weight excluding hydrogens is 395 g/mol. The number of esters is 1. The Morgan fingerprint density at radius 3 is 2.65 bits per heavy atom. The summed E-state index contributed by atoms with van der Waals surface area (Å²) in [6, 6.07) is 16.6. The van der Waals surface area contributed by atoms with Crippen molar-refractivity contribution in [2.45, 2.75) is 43.7 Å². The van der Waals surface area contributed by atoms with Crippen LogP contribution in [0.15, 0.2) is 48.5 Å². The topological polar surface area (TPSA) is 50.8 Å². The van der Waals surface area contributed by atoms with Crippen molar-refractivity contribution in [1.82, 2.24) is 10.2 Å². The zero-order valence-corrected chi connectivity index (χ0v) is 18.1. The predicted octanol–water partition coefficient (Wildman–Crippen LogP) is 3.53. The highest BCUT2D eigenvalue weighted by Crippen LogP contribution is 2.41. The van der Waals surface area contributed by atoms with Crippen LogP contribution >= 0.6 is 0 Å². The Morgan fingerprint density at radius 1 is 1.16 bits per heavy atom. The van der Waals surface area contributed by atoms with Gasteiger partial charge in [-0.25, -0.2) is 4.39 Å². The van der Waals surface area contributed by atoms with Gasteiger partial charge in [-0.05, 0) is 49.5 Å². The standard InChI is InChI=1S/C25H31FN2O3/c1-30-25(29)15-19-7-8-21(16-23(19)26)31-14-13-28-11-9-20(10-12-28)27-24-17-22(24)18-5-3-2-4-6-18/h2-8,16,20,22,24,27H,9-15,17H2,1H3/t22-,24+/m0/s1. The number of nitrogens with zero attached hydrogens (tertiary/aromatic N) is 1. The van der Waals surface area contributed by atoms with Gasteiger partial charge in [-0.1, -0.05) is 36.4 Å². The molecule has 1 aliphatic heterocycles. The minimum absolute atomic E-state index is 0.0709. The summed E-state index contributed by atoms with van der Waals surface area (Å²) in [5.41, 5.74) is 1.77. The van der Waals surface area contributed by atoms with Crippen molar-refractivity contribution in [2.75, 3.05) is 33.4 Å². The second-order valence-electron chi connectivity index (χ2n) is 8.50. The van der Waals surface area contributed by atoms with E-state index in [0.29, 0.717) is 35.9 Å². The normalized spacial score (nSPS) is 21.6. The zero-order chi connectivity index (χ0) is 21.6. The first-order chi connectivity index (χ1) is 15.1. The minimum atomic E-state index is -0.456. The van der Waals surface area contributed by atoms with Crippen molar-refractivity contribution in [3.8, 4) is 5.75 Å². The van der Waals surface area contributed by atoms with Gasteiger partial charge in [-0.2, -0.15) is 0 Å². The van der Waals surface area contributed by atoms with Gasteiger partial charge in [0.25, 0.3) is 0 Å². The highest BCUT2D eigenvalue weighted by molar-refractivity contribution is 5.72. The van der Waals surface area contributed by atoms with Crippen molar-refractivity contribution in [3.63, 3.8) is 0 Å². The molecule has 31 heavy (non-hydrogen) atoms. The van der Waals surface area contributed by atoms with E-state index in [2.05, 4.69) is 45.3 Å². The fourth-order valence-corrected chi connectivity index (χ4v) is 4.36. The summed E-state index contributed by atoms with van der Waals surface area (Å²) in [6.07, 6.45) is 3.47. The maximum atomic E-state index is 14.1. The van der Waals surface area contributed by atoms with Crippen LogP contribution in [0.25, 0.3) is 0 Å². The molecule has 0 spiro atoms. The molecule has 166 valence electrons. The van der Waals surface area contributed by atoms with Crippen LogP contribution in [-0.2, 0) is 16.0 Å². The summed E-state index contributed by atoms with van der Waals surface area (Å²) in [7, 11) is 1.30. The molecule has 0 radical (unpaired) electrons. The van der Waals surface area contributed by atoms with E-state index < -0.39 is 11.8 Å². The number of ether oxygens (including phenoxy) is 2. The fourth-order valence-electron chi connectivity index (χ4n) is 4.36. The number of benzene rings is 2. The first-order valence-corrected chi connectivity index (χ1v) is 11.1. The Morgan fingerprint density at radius 2 is 1.94 bits per heavy atom. The number of hydrogen-bond donors (Lipinski definition) is 1. The van der Waals surface area contributed by atoms with Gasteiger partial charge in [0.2, 0.25) is 0 Å². The molecule has 0 amide bonds. The summed E-state index contributed by atoms with van der Waals surface area (Å²) >= 11 is 0. The van der Waals surface area contributed by atoms with Crippen LogP contribution in [-0.4, -0.2) is 56.3 Å². The van der Waals surface area contributed by atoms with E-state index in [1.165, 1.54) is 25.2 Å². The lowest BCUT2D eigenvalue weighted by atomic mass is 10.0. The molecule has 2 fully saturated rings. The third-order valence-electron chi connectivity index (χ3n) is 6.32. The number of carbonyl (C=O) groups excluding carboxylic acids is 1. The molecule has 0 aromatic heterocycles. The molecule has 6 heteroatoms. The average Bonchev–Trinajstić information content (AvgIpc) is 3.56. The van der Waals surface area contributed by atoms with E-state index in [1.54, 1.807) is 12.1 Å². The molecule has 1 saturated carbocycles. The number of hydrogen-bond acceptors (Lipinski definition) is 5. The largest absolute Gasteiger partial charge is 0.492 e. The Balaban J connectivity index is 1.14. The van der Waals surface area contributed by atoms with Crippen LogP contribution in [0.3, 0.4) is 0 Å². The lowest BCUT2D eigenvalue weighted by Gasteiger charge is -2.32. The number of halogens is 1. The van der Waals surface area contributed by atoms with E-state index in [1.807, 2.05) is 0 Å². The highest BCUT2D eigenvalue weighted by Gasteiger charge is 2.39. The van der Waals surface area contributed by atoms with Crippen molar-refractivity contribution in [1.29, 1.82) is 0 Å². The maximum absolute atomic E-state index is 14.1. The summed E-state index contributed by atoms with van der Waals surface area (Å²) in [5, 5.41) is 3.84. The minimum Gasteiger partial charge on any atom is -0.492 e. The summed E-state index contributed by atoms with van der Waals surface area (Å²) in [6.45, 7) is 3.45. The number of nitrogens with one attached hydrogen (secondary N) is 1. The Hall–Kier alpha value is -2.44. The second kappa shape index (κ2) is 10.2. The van der Waals surface area contributed by atoms with Gasteiger partial charge < -0.3 is 14.8 Å². The van der Waals surface area contributed by atoms with Crippen LogP contribution in [0.2, 0.25) is 0 Å². The molecule has 0 unspecified atom stereocenters. The maximum Gasteiger partial charge on any atom is 0.310 e. The van der Waals surface area contributed by atoms with Crippen molar-refractivity contribution in [2.24, 2.45) is 0 Å². The van der Waals surface area contributed by atoms with Gasteiger partial charge in [-0.15, -0.1) is 0 Å². The van der Waals surface area contributed by atoms with Crippen LogP contribution in [0.5, 0.6) is 5.75 Å². The molecule has 2 aliphatic rings. The lowest BCUT2D eigenvalue weighted by molar-refractivity contribution is -0.139. The average molecular weight is 427 g/mol. The molecule has 1 saturated heterocycles. The first kappa shape index (κ1) is 21.8. The van der Waals surface area contributed by atoms with E-state index >= 15 is 0 Å². The molecule has 2 atom stereocenters. The number of rotatable bonds is 9. The van der Waals surface area contributed by atoms with Gasteiger partial charge in [0.1, 0.15) is 18.2 Å². The molecule has 4 rings (SSSR count). The van der Waals surface area contributed by atoms with Gasteiger partial charge in [0.05, 0.1) is 13.5 Å². The quantitative estimate of drug-likeness (QED) is 0.622. The Kier molecular flexibility index (Phi) is 7.20. The third kappa shape index (κ3) is 6.05. The highest BCUT2D eigenvalue weighted by atomic mass is 19.1. The summed E-state index contributed by atoms with van der Waals surface area (Å²) in [4.78, 5) is 13.7. The molecular formula is C25H31FN2O3. The number of likely N-dealkylation sites (tertiary alicyclic amines) is 1. The second-order valence-corrected chi connectivity index (χ2v) is 8.50. The SMILES string of the molecule is COC(=O)Cc1ccc(OCCN2CCC(N[C@@H]3C[C@H]3c3ccccc3)CC2)cc1F.